The lowest BCUT2D eigenvalue weighted by atomic mass is 10.2. The molecule has 7 heteroatoms. The van der Waals surface area contributed by atoms with Gasteiger partial charge < -0.3 is 5.11 Å². The second kappa shape index (κ2) is 6.61. The van der Waals surface area contributed by atoms with Crippen molar-refractivity contribution >= 4 is 29.4 Å². The molecule has 0 saturated carbocycles. The Labute approximate surface area is 108 Å². The van der Waals surface area contributed by atoms with Crippen LogP contribution in [0, 0.1) is 0 Å². The van der Waals surface area contributed by atoms with E-state index in [9.17, 15) is 14.4 Å². The molecule has 0 bridgehead atoms. The summed E-state index contributed by atoms with van der Waals surface area (Å²) in [6.07, 6.45) is -0.508. The van der Waals surface area contributed by atoms with E-state index in [0.29, 0.717) is 0 Å². The third-order valence-corrected chi connectivity index (χ3v) is 2.33. The van der Waals surface area contributed by atoms with Gasteiger partial charge in [-0.05, 0) is 12.1 Å². The SMILES string of the molecule is O=C(O)CCC(=O)NNC(=O)c1ccccc1Cl. The lowest BCUT2D eigenvalue weighted by Crippen LogP contribution is -2.41. The van der Waals surface area contributed by atoms with Crippen molar-refractivity contribution in [2.45, 2.75) is 12.8 Å². The lowest BCUT2D eigenvalue weighted by molar-refractivity contribution is -0.138. The monoisotopic (exact) mass is 270 g/mol. The van der Waals surface area contributed by atoms with Gasteiger partial charge in [0.15, 0.2) is 0 Å². The Balaban J connectivity index is 2.45. The molecule has 0 atom stereocenters. The summed E-state index contributed by atoms with van der Waals surface area (Å²) in [7, 11) is 0. The van der Waals surface area contributed by atoms with E-state index in [1.165, 1.54) is 6.07 Å². The molecule has 6 nitrogen and oxygen atoms in total. The number of nitrogens with one attached hydrogen (secondary N) is 2. The third kappa shape index (κ3) is 4.42. The van der Waals surface area contributed by atoms with Crippen LogP contribution in [0.15, 0.2) is 24.3 Å². The van der Waals surface area contributed by atoms with Crippen molar-refractivity contribution in [1.82, 2.24) is 10.9 Å². The van der Waals surface area contributed by atoms with Crippen LogP contribution >= 0.6 is 11.6 Å². The van der Waals surface area contributed by atoms with Gasteiger partial charge in [-0.2, -0.15) is 0 Å². The van der Waals surface area contributed by atoms with Gasteiger partial charge in [-0.15, -0.1) is 0 Å². The number of carboxylic acid groups (broad SMARTS) is 1. The van der Waals surface area contributed by atoms with Crippen LogP contribution in [-0.4, -0.2) is 22.9 Å². The predicted molar refractivity (Wildman–Crippen MR) is 63.9 cm³/mol. The second-order valence-electron chi connectivity index (χ2n) is 3.38. The number of aliphatic carboxylic acids is 1. The number of carboxylic acids is 1. The topological polar surface area (TPSA) is 95.5 Å². The summed E-state index contributed by atoms with van der Waals surface area (Å²) in [5, 5.41) is 8.63. The highest BCUT2D eigenvalue weighted by atomic mass is 35.5. The highest BCUT2D eigenvalue weighted by Gasteiger charge is 2.10. The Bertz CT molecular complexity index is 476. The first-order valence-electron chi connectivity index (χ1n) is 5.06. The Morgan fingerprint density at radius 1 is 1.11 bits per heavy atom. The van der Waals surface area contributed by atoms with Crippen LogP contribution in [0.4, 0.5) is 0 Å². The smallest absolute Gasteiger partial charge is 0.303 e. The molecule has 0 aliphatic heterocycles. The molecule has 1 rings (SSSR count). The Morgan fingerprint density at radius 3 is 2.39 bits per heavy atom. The quantitative estimate of drug-likeness (QED) is 0.710. The number of benzene rings is 1. The maximum absolute atomic E-state index is 11.6. The molecule has 1 aromatic carbocycles. The molecule has 96 valence electrons. The van der Waals surface area contributed by atoms with Gasteiger partial charge in [-0.1, -0.05) is 23.7 Å². The van der Waals surface area contributed by atoms with E-state index < -0.39 is 17.8 Å². The molecular formula is C11H11ClN2O4. The molecule has 0 aromatic heterocycles. The normalized spacial score (nSPS) is 9.61. The average Bonchev–Trinajstić information content (AvgIpc) is 2.34. The highest BCUT2D eigenvalue weighted by Crippen LogP contribution is 2.13. The fourth-order valence-corrected chi connectivity index (χ4v) is 1.34. The Morgan fingerprint density at radius 2 is 1.78 bits per heavy atom. The third-order valence-electron chi connectivity index (χ3n) is 2.00. The maximum Gasteiger partial charge on any atom is 0.303 e. The fraction of sp³-hybridized carbons (Fsp3) is 0.182. The molecule has 0 saturated heterocycles. The summed E-state index contributed by atoms with van der Waals surface area (Å²) in [4.78, 5) is 33.0. The molecule has 0 heterocycles. The Hall–Kier alpha value is -2.08. The van der Waals surface area contributed by atoms with Crippen LogP contribution in [0.5, 0.6) is 0 Å². The molecular weight excluding hydrogens is 260 g/mol. The molecule has 0 spiro atoms. The summed E-state index contributed by atoms with van der Waals surface area (Å²) < 4.78 is 0. The van der Waals surface area contributed by atoms with Crippen LogP contribution in [0.2, 0.25) is 5.02 Å². The van der Waals surface area contributed by atoms with E-state index in [2.05, 4.69) is 10.9 Å². The summed E-state index contributed by atoms with van der Waals surface area (Å²) in [6.45, 7) is 0. The molecule has 2 amide bonds. The second-order valence-corrected chi connectivity index (χ2v) is 3.78. The number of carbonyl (C=O) groups is 3. The van der Waals surface area contributed by atoms with Crippen molar-refractivity contribution < 1.29 is 19.5 Å². The van der Waals surface area contributed by atoms with Gasteiger partial charge in [0.25, 0.3) is 5.91 Å². The van der Waals surface area contributed by atoms with E-state index >= 15 is 0 Å². The van der Waals surface area contributed by atoms with Gasteiger partial charge in [0.2, 0.25) is 5.91 Å². The molecule has 18 heavy (non-hydrogen) atoms. The molecule has 0 aliphatic carbocycles. The van der Waals surface area contributed by atoms with Gasteiger partial charge in [-0.3, -0.25) is 25.2 Å². The minimum Gasteiger partial charge on any atom is -0.481 e. The van der Waals surface area contributed by atoms with Gasteiger partial charge >= 0.3 is 5.97 Å². The number of hydrazine groups is 1. The predicted octanol–water partition coefficient (Wildman–Crippen LogP) is 0.966. The first-order valence-corrected chi connectivity index (χ1v) is 5.44. The zero-order valence-electron chi connectivity index (χ0n) is 9.27. The van der Waals surface area contributed by atoms with E-state index in [0.717, 1.165) is 0 Å². The number of halogens is 1. The molecule has 0 unspecified atom stereocenters. The van der Waals surface area contributed by atoms with Crippen LogP contribution in [-0.2, 0) is 9.59 Å². The van der Waals surface area contributed by atoms with E-state index in [4.69, 9.17) is 16.7 Å². The van der Waals surface area contributed by atoms with E-state index in [1.54, 1.807) is 18.2 Å². The van der Waals surface area contributed by atoms with Crippen molar-refractivity contribution in [1.29, 1.82) is 0 Å². The summed E-state index contributed by atoms with van der Waals surface area (Å²) in [6, 6.07) is 6.35. The number of rotatable bonds is 4. The summed E-state index contributed by atoms with van der Waals surface area (Å²) in [5.74, 6) is -2.23. The average molecular weight is 271 g/mol. The number of hydrogen-bond donors (Lipinski definition) is 3. The molecule has 0 aliphatic rings. The number of amides is 2. The Kier molecular flexibility index (Phi) is 5.13. The standard InChI is InChI=1S/C11H11ClN2O4/c12-8-4-2-1-3-7(8)11(18)14-13-9(15)5-6-10(16)17/h1-4H,5-6H2,(H,13,15)(H,14,18)(H,16,17). The highest BCUT2D eigenvalue weighted by molar-refractivity contribution is 6.33. The van der Waals surface area contributed by atoms with Crippen molar-refractivity contribution in [3.63, 3.8) is 0 Å². The lowest BCUT2D eigenvalue weighted by Gasteiger charge is -2.07. The van der Waals surface area contributed by atoms with Gasteiger partial charge in [0.1, 0.15) is 0 Å². The van der Waals surface area contributed by atoms with Crippen LogP contribution < -0.4 is 10.9 Å². The van der Waals surface area contributed by atoms with Gasteiger partial charge in [0, 0.05) is 6.42 Å². The van der Waals surface area contributed by atoms with Crippen molar-refractivity contribution in [3.05, 3.63) is 34.9 Å². The molecule has 0 radical (unpaired) electrons. The maximum atomic E-state index is 11.6. The van der Waals surface area contributed by atoms with Crippen LogP contribution in [0.1, 0.15) is 23.2 Å². The number of hydrogen-bond acceptors (Lipinski definition) is 3. The summed E-state index contributed by atoms with van der Waals surface area (Å²) >= 11 is 5.79. The molecule has 0 fully saturated rings. The first-order chi connectivity index (χ1) is 8.50. The molecule has 1 aromatic rings. The van der Waals surface area contributed by atoms with Crippen molar-refractivity contribution in [3.8, 4) is 0 Å². The molecule has 3 N–H and O–H groups in total. The zero-order valence-corrected chi connectivity index (χ0v) is 10.0. The number of carbonyl (C=O) groups excluding carboxylic acids is 2. The van der Waals surface area contributed by atoms with Crippen molar-refractivity contribution in [2.24, 2.45) is 0 Å². The zero-order chi connectivity index (χ0) is 13.5. The first kappa shape index (κ1) is 14.0. The largest absolute Gasteiger partial charge is 0.481 e. The van der Waals surface area contributed by atoms with E-state index in [1.807, 2.05) is 0 Å². The van der Waals surface area contributed by atoms with Crippen LogP contribution in [0.3, 0.4) is 0 Å². The van der Waals surface area contributed by atoms with Crippen LogP contribution in [0.25, 0.3) is 0 Å². The minimum absolute atomic E-state index is 0.210. The summed E-state index contributed by atoms with van der Waals surface area (Å²) in [5.41, 5.74) is 4.47. The van der Waals surface area contributed by atoms with Gasteiger partial charge in [-0.25, -0.2) is 0 Å². The fourth-order valence-electron chi connectivity index (χ4n) is 1.12. The van der Waals surface area contributed by atoms with Gasteiger partial charge in [0.05, 0.1) is 17.0 Å². The van der Waals surface area contributed by atoms with Crippen molar-refractivity contribution in [2.75, 3.05) is 0 Å². The van der Waals surface area contributed by atoms with E-state index in [-0.39, 0.29) is 23.4 Å². The minimum atomic E-state index is -1.08.